The number of urea groups is 1. The van der Waals surface area contributed by atoms with Crippen LogP contribution in [0.5, 0.6) is 5.75 Å². The van der Waals surface area contributed by atoms with E-state index < -0.39 is 17.0 Å². The van der Waals surface area contributed by atoms with Gasteiger partial charge in [-0.15, -0.1) is 0 Å². The van der Waals surface area contributed by atoms with E-state index in [1.807, 2.05) is 25.1 Å². The standard InChI is InChI=1S/C18H21N3O4/c1-11-3-4-12(9-13(11)25-2)17(5-6-17)15(23)21-8-7-18(10-21)14(22)19-16(24)20-18/h3-4,9H,5-8,10H2,1-2H3,(H2,19,20,22,24). The van der Waals surface area contributed by atoms with Crippen LogP contribution in [0.25, 0.3) is 0 Å². The molecule has 2 heterocycles. The fourth-order valence-corrected chi connectivity index (χ4v) is 3.97. The third-order valence-corrected chi connectivity index (χ3v) is 5.69. The summed E-state index contributed by atoms with van der Waals surface area (Å²) >= 11 is 0. The van der Waals surface area contributed by atoms with Crippen LogP contribution in [-0.4, -0.2) is 48.5 Å². The molecule has 132 valence electrons. The van der Waals surface area contributed by atoms with Gasteiger partial charge in [-0.25, -0.2) is 4.79 Å². The van der Waals surface area contributed by atoms with Gasteiger partial charge in [0.2, 0.25) is 5.91 Å². The molecule has 1 aromatic carbocycles. The van der Waals surface area contributed by atoms with Gasteiger partial charge < -0.3 is 15.0 Å². The van der Waals surface area contributed by atoms with Gasteiger partial charge in [-0.05, 0) is 43.4 Å². The molecule has 1 aromatic rings. The average Bonchev–Trinajstić information content (AvgIpc) is 3.21. The summed E-state index contributed by atoms with van der Waals surface area (Å²) in [5, 5.41) is 4.96. The van der Waals surface area contributed by atoms with Crippen molar-refractivity contribution in [3.63, 3.8) is 0 Å². The normalized spacial score (nSPS) is 26.6. The number of nitrogens with one attached hydrogen (secondary N) is 2. The van der Waals surface area contributed by atoms with Crippen molar-refractivity contribution in [2.45, 2.75) is 37.1 Å². The number of carbonyl (C=O) groups is 3. The first-order chi connectivity index (χ1) is 11.9. The molecule has 3 aliphatic rings. The van der Waals surface area contributed by atoms with Crippen molar-refractivity contribution in [1.82, 2.24) is 15.5 Å². The molecule has 2 N–H and O–H groups in total. The van der Waals surface area contributed by atoms with Crippen LogP contribution in [0.1, 0.15) is 30.4 Å². The van der Waals surface area contributed by atoms with Gasteiger partial charge >= 0.3 is 6.03 Å². The average molecular weight is 343 g/mol. The number of rotatable bonds is 3. The Hall–Kier alpha value is -2.57. The van der Waals surface area contributed by atoms with Crippen LogP contribution in [0, 0.1) is 6.92 Å². The maximum atomic E-state index is 13.2. The van der Waals surface area contributed by atoms with Crippen molar-refractivity contribution >= 4 is 17.8 Å². The number of carbonyl (C=O) groups excluding carboxylic acids is 3. The van der Waals surface area contributed by atoms with Gasteiger partial charge in [-0.1, -0.05) is 12.1 Å². The quantitative estimate of drug-likeness (QED) is 0.797. The second kappa shape index (κ2) is 5.21. The summed E-state index contributed by atoms with van der Waals surface area (Å²) in [5.41, 5.74) is 0.500. The van der Waals surface area contributed by atoms with E-state index in [0.717, 1.165) is 29.7 Å². The molecule has 25 heavy (non-hydrogen) atoms. The van der Waals surface area contributed by atoms with E-state index in [4.69, 9.17) is 4.74 Å². The Morgan fingerprint density at radius 3 is 2.60 bits per heavy atom. The van der Waals surface area contributed by atoms with Crippen molar-refractivity contribution in [2.24, 2.45) is 0 Å². The molecule has 0 radical (unpaired) electrons. The van der Waals surface area contributed by atoms with E-state index >= 15 is 0 Å². The van der Waals surface area contributed by atoms with Crippen LogP contribution in [0.15, 0.2) is 18.2 Å². The highest BCUT2D eigenvalue weighted by molar-refractivity contribution is 6.08. The van der Waals surface area contributed by atoms with Crippen LogP contribution in [0.3, 0.4) is 0 Å². The highest BCUT2D eigenvalue weighted by Gasteiger charge is 2.58. The van der Waals surface area contributed by atoms with Crippen LogP contribution in [0.4, 0.5) is 4.79 Å². The molecule has 1 atom stereocenters. The van der Waals surface area contributed by atoms with E-state index in [2.05, 4.69) is 10.6 Å². The molecule has 4 rings (SSSR count). The van der Waals surface area contributed by atoms with Crippen molar-refractivity contribution < 1.29 is 19.1 Å². The van der Waals surface area contributed by atoms with Gasteiger partial charge in [0.15, 0.2) is 0 Å². The predicted molar refractivity (Wildman–Crippen MR) is 89.2 cm³/mol. The lowest BCUT2D eigenvalue weighted by Gasteiger charge is -2.25. The maximum absolute atomic E-state index is 13.2. The SMILES string of the molecule is COc1cc(C2(C(=O)N3CCC4(C3)NC(=O)NC4=O)CC2)ccc1C. The molecule has 7 nitrogen and oxygen atoms in total. The maximum Gasteiger partial charge on any atom is 0.322 e. The van der Waals surface area contributed by atoms with Crippen LogP contribution in [0.2, 0.25) is 0 Å². The van der Waals surface area contributed by atoms with Crippen LogP contribution >= 0.6 is 0 Å². The molecule has 0 bridgehead atoms. The zero-order valence-corrected chi connectivity index (χ0v) is 14.3. The second-order valence-electron chi connectivity index (χ2n) is 7.23. The second-order valence-corrected chi connectivity index (χ2v) is 7.23. The number of benzene rings is 1. The molecule has 1 saturated carbocycles. The third kappa shape index (κ3) is 2.29. The lowest BCUT2D eigenvalue weighted by molar-refractivity contribution is -0.133. The molecule has 1 unspecified atom stereocenters. The molecular formula is C18H21N3O4. The largest absolute Gasteiger partial charge is 0.496 e. The molecule has 2 saturated heterocycles. The number of hydrogen-bond donors (Lipinski definition) is 2. The van der Waals surface area contributed by atoms with E-state index in [1.165, 1.54) is 0 Å². The first-order valence-electron chi connectivity index (χ1n) is 8.48. The summed E-state index contributed by atoms with van der Waals surface area (Å²) < 4.78 is 5.39. The number of amides is 4. The van der Waals surface area contributed by atoms with E-state index in [-0.39, 0.29) is 18.4 Å². The number of hydrogen-bond acceptors (Lipinski definition) is 4. The zero-order chi connectivity index (χ0) is 17.8. The first-order valence-corrected chi connectivity index (χ1v) is 8.48. The highest BCUT2D eigenvalue weighted by Crippen LogP contribution is 2.51. The molecule has 3 fully saturated rings. The van der Waals surface area contributed by atoms with E-state index in [1.54, 1.807) is 12.0 Å². The van der Waals surface area contributed by atoms with Gasteiger partial charge in [0, 0.05) is 6.54 Å². The van der Waals surface area contributed by atoms with Gasteiger partial charge in [0.25, 0.3) is 5.91 Å². The van der Waals surface area contributed by atoms with E-state index in [9.17, 15) is 14.4 Å². The molecule has 1 aliphatic carbocycles. The molecule has 4 amide bonds. The number of aryl methyl sites for hydroxylation is 1. The third-order valence-electron chi connectivity index (χ3n) is 5.69. The Kier molecular flexibility index (Phi) is 3.32. The van der Waals surface area contributed by atoms with Crippen molar-refractivity contribution in [3.05, 3.63) is 29.3 Å². The predicted octanol–water partition coefficient (Wildman–Crippen LogP) is 0.846. The van der Waals surface area contributed by atoms with Gasteiger partial charge in [-0.2, -0.15) is 0 Å². The number of methoxy groups -OCH3 is 1. The molecule has 0 aromatic heterocycles. The van der Waals surface area contributed by atoms with Gasteiger partial charge in [0.05, 0.1) is 19.1 Å². The fraction of sp³-hybridized carbons (Fsp3) is 0.500. The number of imide groups is 1. The van der Waals surface area contributed by atoms with E-state index in [0.29, 0.717) is 13.0 Å². The summed E-state index contributed by atoms with van der Waals surface area (Å²) in [6.07, 6.45) is 2.03. The Morgan fingerprint density at radius 2 is 2.00 bits per heavy atom. The molecule has 1 spiro atoms. The minimum atomic E-state index is -0.964. The minimum Gasteiger partial charge on any atom is -0.496 e. The smallest absolute Gasteiger partial charge is 0.322 e. The number of ether oxygens (including phenoxy) is 1. The summed E-state index contributed by atoms with van der Waals surface area (Å²) in [7, 11) is 1.62. The summed E-state index contributed by atoms with van der Waals surface area (Å²) in [5.74, 6) is 0.468. The zero-order valence-electron chi connectivity index (χ0n) is 14.3. The van der Waals surface area contributed by atoms with Crippen molar-refractivity contribution in [2.75, 3.05) is 20.2 Å². The topological polar surface area (TPSA) is 87.7 Å². The Balaban J connectivity index is 1.57. The number of nitrogens with zero attached hydrogens (tertiary/aromatic N) is 1. The molecular weight excluding hydrogens is 322 g/mol. The van der Waals surface area contributed by atoms with Crippen LogP contribution in [-0.2, 0) is 15.0 Å². The molecule has 7 heteroatoms. The minimum absolute atomic E-state index is 0.0317. The van der Waals surface area contributed by atoms with Crippen molar-refractivity contribution in [1.29, 1.82) is 0 Å². The Morgan fingerprint density at radius 1 is 1.24 bits per heavy atom. The van der Waals surface area contributed by atoms with Crippen molar-refractivity contribution in [3.8, 4) is 5.75 Å². The highest BCUT2D eigenvalue weighted by atomic mass is 16.5. The molecule has 2 aliphatic heterocycles. The fourth-order valence-electron chi connectivity index (χ4n) is 3.97. The van der Waals surface area contributed by atoms with Gasteiger partial charge in [-0.3, -0.25) is 14.9 Å². The summed E-state index contributed by atoms with van der Waals surface area (Å²) in [6.45, 7) is 2.67. The lowest BCUT2D eigenvalue weighted by atomic mass is 9.93. The Labute approximate surface area is 145 Å². The number of likely N-dealkylation sites (tertiary alicyclic amines) is 1. The summed E-state index contributed by atoms with van der Waals surface area (Å²) in [4.78, 5) is 38.4. The van der Waals surface area contributed by atoms with Gasteiger partial charge in [0.1, 0.15) is 11.3 Å². The lowest BCUT2D eigenvalue weighted by Crippen LogP contribution is -2.50. The van der Waals surface area contributed by atoms with Crippen LogP contribution < -0.4 is 15.4 Å². The first kappa shape index (κ1) is 15.9. The summed E-state index contributed by atoms with van der Waals surface area (Å²) in [6, 6.07) is 5.41. The monoisotopic (exact) mass is 343 g/mol. The Bertz CT molecular complexity index is 787.